The molecule has 31 heavy (non-hydrogen) atoms. The van der Waals surface area contributed by atoms with Gasteiger partial charge in [-0.05, 0) is 48.7 Å². The Kier molecular flexibility index (Phi) is 11.2. The molecular weight excluding hydrogens is 517 g/mol. The number of nitrogens with zero attached hydrogens (tertiary/aromatic N) is 2. The van der Waals surface area contributed by atoms with E-state index in [-0.39, 0.29) is 42.5 Å². The number of ether oxygens (including phenoxy) is 1. The van der Waals surface area contributed by atoms with E-state index in [1.807, 2.05) is 24.3 Å². The van der Waals surface area contributed by atoms with E-state index < -0.39 is 11.6 Å². The number of halogens is 3. The van der Waals surface area contributed by atoms with Gasteiger partial charge in [0.05, 0.1) is 13.2 Å². The van der Waals surface area contributed by atoms with Crippen LogP contribution in [0.15, 0.2) is 47.5 Å². The number of carbonyl (C=O) groups excluding carboxylic acids is 1. The molecule has 0 fully saturated rings. The third kappa shape index (κ3) is 8.68. The number of benzene rings is 2. The molecular formula is C22H29F2IN4O2. The van der Waals surface area contributed by atoms with Crippen molar-refractivity contribution < 1.29 is 18.3 Å². The van der Waals surface area contributed by atoms with Gasteiger partial charge in [-0.3, -0.25) is 4.79 Å². The monoisotopic (exact) mass is 546 g/mol. The molecule has 0 aliphatic rings. The minimum atomic E-state index is -0.908. The van der Waals surface area contributed by atoms with Gasteiger partial charge in [-0.15, -0.1) is 24.0 Å². The van der Waals surface area contributed by atoms with Crippen LogP contribution in [0, 0.1) is 11.6 Å². The van der Waals surface area contributed by atoms with Crippen molar-refractivity contribution in [2.75, 3.05) is 34.3 Å². The minimum Gasteiger partial charge on any atom is -0.497 e. The number of methoxy groups -OCH3 is 1. The largest absolute Gasteiger partial charge is 0.497 e. The molecule has 0 spiro atoms. The van der Waals surface area contributed by atoms with Gasteiger partial charge in [0.2, 0.25) is 5.91 Å². The van der Waals surface area contributed by atoms with Gasteiger partial charge in [0.15, 0.2) is 17.6 Å². The molecule has 2 aromatic carbocycles. The number of guanidine groups is 1. The van der Waals surface area contributed by atoms with Crippen molar-refractivity contribution >= 4 is 35.8 Å². The van der Waals surface area contributed by atoms with Crippen molar-refractivity contribution in [3.63, 3.8) is 0 Å². The molecule has 0 aliphatic carbocycles. The Morgan fingerprint density at radius 3 is 2.39 bits per heavy atom. The number of hydrogen-bond donors (Lipinski definition) is 2. The Morgan fingerprint density at radius 1 is 1.13 bits per heavy atom. The Balaban J connectivity index is 0.00000480. The molecule has 0 saturated carbocycles. The highest BCUT2D eigenvalue weighted by atomic mass is 127. The zero-order valence-electron chi connectivity index (χ0n) is 18.1. The van der Waals surface area contributed by atoms with Crippen molar-refractivity contribution in [3.05, 3.63) is 65.2 Å². The smallest absolute Gasteiger partial charge is 0.243 e. The van der Waals surface area contributed by atoms with E-state index in [9.17, 15) is 13.6 Å². The Bertz CT molecular complexity index is 876. The second-order valence-electron chi connectivity index (χ2n) is 7.02. The van der Waals surface area contributed by atoms with Crippen LogP contribution in [0.2, 0.25) is 0 Å². The first-order chi connectivity index (χ1) is 14.3. The number of amides is 1. The van der Waals surface area contributed by atoms with Gasteiger partial charge < -0.3 is 20.3 Å². The highest BCUT2D eigenvalue weighted by Crippen LogP contribution is 2.16. The molecule has 0 saturated heterocycles. The minimum absolute atomic E-state index is 0. The third-order valence-electron chi connectivity index (χ3n) is 4.53. The van der Waals surface area contributed by atoms with Gasteiger partial charge in [0.25, 0.3) is 0 Å². The summed E-state index contributed by atoms with van der Waals surface area (Å²) in [6.45, 7) is 2.34. The quantitative estimate of drug-likeness (QED) is 0.302. The molecule has 9 heteroatoms. The van der Waals surface area contributed by atoms with E-state index in [1.54, 1.807) is 28.1 Å². The first kappa shape index (κ1) is 26.6. The normalized spacial score (nSPS) is 11.9. The summed E-state index contributed by atoms with van der Waals surface area (Å²) in [5.41, 5.74) is 1.68. The maximum Gasteiger partial charge on any atom is 0.243 e. The number of nitrogens with one attached hydrogen (secondary N) is 2. The van der Waals surface area contributed by atoms with Crippen LogP contribution in [0.4, 0.5) is 8.78 Å². The highest BCUT2D eigenvalue weighted by Gasteiger charge is 2.12. The number of likely N-dealkylation sites (N-methyl/N-ethyl adjacent to an activating group) is 1. The lowest BCUT2D eigenvalue weighted by Gasteiger charge is -2.19. The average Bonchev–Trinajstić information content (AvgIpc) is 2.73. The van der Waals surface area contributed by atoms with E-state index in [1.165, 1.54) is 11.0 Å². The summed E-state index contributed by atoms with van der Waals surface area (Å²) in [7, 11) is 4.94. The molecule has 1 unspecified atom stereocenters. The summed E-state index contributed by atoms with van der Waals surface area (Å²) in [5.74, 6) is -0.746. The van der Waals surface area contributed by atoms with Crippen molar-refractivity contribution in [2.45, 2.75) is 19.4 Å². The molecule has 170 valence electrons. The van der Waals surface area contributed by atoms with E-state index in [0.29, 0.717) is 18.1 Å². The summed E-state index contributed by atoms with van der Waals surface area (Å²) in [6, 6.07) is 11.1. The summed E-state index contributed by atoms with van der Waals surface area (Å²) in [6.07, 6.45) is 0.728. The fraction of sp³-hybridized carbons (Fsp3) is 0.364. The predicted molar refractivity (Wildman–Crippen MR) is 129 cm³/mol. The van der Waals surface area contributed by atoms with Crippen LogP contribution in [-0.2, 0) is 11.2 Å². The molecule has 2 N–H and O–H groups in total. The first-order valence-electron chi connectivity index (χ1n) is 9.63. The van der Waals surface area contributed by atoms with E-state index in [4.69, 9.17) is 4.74 Å². The summed E-state index contributed by atoms with van der Waals surface area (Å²) in [5, 5.41) is 6.32. The molecule has 0 bridgehead atoms. The van der Waals surface area contributed by atoms with Crippen molar-refractivity contribution in [1.82, 2.24) is 15.5 Å². The lowest BCUT2D eigenvalue weighted by Crippen LogP contribution is -2.40. The SMILES string of the molecule is COc1ccc(CCNC(=NCC(=O)N(C)C)NC(C)c2ccc(F)c(F)c2)cc1.I. The van der Waals surface area contributed by atoms with E-state index in [2.05, 4.69) is 15.6 Å². The second-order valence-corrected chi connectivity index (χ2v) is 7.02. The topological polar surface area (TPSA) is 66.0 Å². The number of rotatable bonds is 8. The van der Waals surface area contributed by atoms with Gasteiger partial charge in [-0.1, -0.05) is 18.2 Å². The van der Waals surface area contributed by atoms with Crippen LogP contribution in [0.1, 0.15) is 24.1 Å². The van der Waals surface area contributed by atoms with Gasteiger partial charge >= 0.3 is 0 Å². The van der Waals surface area contributed by atoms with Crippen LogP contribution >= 0.6 is 24.0 Å². The zero-order chi connectivity index (χ0) is 22.1. The highest BCUT2D eigenvalue weighted by molar-refractivity contribution is 14.0. The van der Waals surface area contributed by atoms with Gasteiger partial charge in [0.1, 0.15) is 12.3 Å². The maximum absolute atomic E-state index is 13.6. The predicted octanol–water partition coefficient (Wildman–Crippen LogP) is 3.52. The van der Waals surface area contributed by atoms with Crippen LogP contribution in [0.3, 0.4) is 0 Å². The Morgan fingerprint density at radius 2 is 1.81 bits per heavy atom. The van der Waals surface area contributed by atoms with Crippen molar-refractivity contribution in [3.8, 4) is 5.75 Å². The van der Waals surface area contributed by atoms with Gasteiger partial charge in [-0.25, -0.2) is 13.8 Å². The Hall–Kier alpha value is -2.43. The number of carbonyl (C=O) groups is 1. The van der Waals surface area contributed by atoms with Crippen LogP contribution in [0.25, 0.3) is 0 Å². The molecule has 0 aromatic heterocycles. The number of aliphatic imine (C=N–C) groups is 1. The molecule has 1 atom stereocenters. The average molecular weight is 546 g/mol. The maximum atomic E-state index is 13.6. The Labute approximate surface area is 199 Å². The summed E-state index contributed by atoms with van der Waals surface area (Å²) >= 11 is 0. The molecule has 0 heterocycles. The van der Waals surface area contributed by atoms with Crippen LogP contribution in [0.5, 0.6) is 5.75 Å². The lowest BCUT2D eigenvalue weighted by atomic mass is 10.1. The van der Waals surface area contributed by atoms with E-state index >= 15 is 0 Å². The van der Waals surface area contributed by atoms with Gasteiger partial charge in [0, 0.05) is 20.6 Å². The molecule has 0 aliphatic heterocycles. The molecule has 1 amide bonds. The standard InChI is InChI=1S/C22H28F2N4O2.HI/c1-15(17-7-10-19(23)20(24)13-17)27-22(26-14-21(29)28(2)3)25-12-11-16-5-8-18(30-4)9-6-16;/h5-10,13,15H,11-12,14H2,1-4H3,(H2,25,26,27);1H. The lowest BCUT2D eigenvalue weighted by molar-refractivity contribution is -0.127. The zero-order valence-corrected chi connectivity index (χ0v) is 20.4. The van der Waals surface area contributed by atoms with Crippen LogP contribution < -0.4 is 15.4 Å². The van der Waals surface area contributed by atoms with Crippen molar-refractivity contribution in [1.29, 1.82) is 0 Å². The van der Waals surface area contributed by atoms with Gasteiger partial charge in [-0.2, -0.15) is 0 Å². The first-order valence-corrected chi connectivity index (χ1v) is 9.63. The fourth-order valence-corrected chi connectivity index (χ4v) is 2.63. The molecule has 2 aromatic rings. The molecule has 0 radical (unpaired) electrons. The van der Waals surface area contributed by atoms with E-state index in [0.717, 1.165) is 29.9 Å². The molecule has 2 rings (SSSR count). The van der Waals surface area contributed by atoms with Crippen molar-refractivity contribution in [2.24, 2.45) is 4.99 Å². The summed E-state index contributed by atoms with van der Waals surface area (Å²) in [4.78, 5) is 17.7. The summed E-state index contributed by atoms with van der Waals surface area (Å²) < 4.78 is 31.9. The molecule has 6 nitrogen and oxygen atoms in total. The van der Waals surface area contributed by atoms with Crippen LogP contribution in [-0.4, -0.2) is 51.1 Å². The second kappa shape index (κ2) is 13.1. The number of hydrogen-bond acceptors (Lipinski definition) is 3. The third-order valence-corrected chi connectivity index (χ3v) is 4.53. The fourth-order valence-electron chi connectivity index (χ4n) is 2.63.